The first-order chi connectivity index (χ1) is 4.85. The van der Waals surface area contributed by atoms with Crippen molar-refractivity contribution < 1.29 is 4.79 Å². The Morgan fingerprint density at radius 2 is 2.20 bits per heavy atom. The zero-order valence-corrected chi connectivity index (χ0v) is 6.68. The molecule has 1 N–H and O–H groups in total. The van der Waals surface area contributed by atoms with Gasteiger partial charge in [-0.3, -0.25) is 4.79 Å². The lowest BCUT2D eigenvalue weighted by atomic mass is 10.5. The van der Waals surface area contributed by atoms with Crippen LogP contribution < -0.4 is 5.32 Å². The van der Waals surface area contributed by atoms with Crippen LogP contribution >= 0.6 is 0 Å². The standard InChI is InChI=1S/C7H15N2O/c1-3-8-5-6-9(4-2)7-10/h8H,3-6H2,1-2H3. The molecule has 10 heavy (non-hydrogen) atoms. The van der Waals surface area contributed by atoms with E-state index in [2.05, 4.69) is 5.32 Å². The van der Waals surface area contributed by atoms with Crippen molar-refractivity contribution in [1.82, 2.24) is 10.2 Å². The molecule has 0 atom stereocenters. The summed E-state index contributed by atoms with van der Waals surface area (Å²) in [5.41, 5.74) is 0. The topological polar surface area (TPSA) is 32.3 Å². The van der Waals surface area contributed by atoms with Gasteiger partial charge in [0.05, 0.1) is 0 Å². The number of hydrogen-bond donors (Lipinski definition) is 1. The molecule has 0 aliphatic rings. The highest BCUT2D eigenvalue weighted by Crippen LogP contribution is 1.78. The van der Waals surface area contributed by atoms with Gasteiger partial charge in [-0.15, -0.1) is 0 Å². The molecule has 0 aromatic rings. The van der Waals surface area contributed by atoms with E-state index in [1.54, 1.807) is 4.90 Å². The van der Waals surface area contributed by atoms with Crippen LogP contribution in [-0.4, -0.2) is 37.5 Å². The van der Waals surface area contributed by atoms with Crippen LogP contribution in [0.3, 0.4) is 0 Å². The minimum absolute atomic E-state index is 0.745. The Morgan fingerprint density at radius 1 is 1.50 bits per heavy atom. The minimum atomic E-state index is 0.745. The van der Waals surface area contributed by atoms with Crippen LogP contribution in [-0.2, 0) is 4.79 Å². The first-order valence-corrected chi connectivity index (χ1v) is 3.68. The second-order valence-electron chi connectivity index (χ2n) is 2.02. The van der Waals surface area contributed by atoms with E-state index < -0.39 is 0 Å². The SMILES string of the molecule is CCNCCN([C]=O)CC. The van der Waals surface area contributed by atoms with Crippen molar-refractivity contribution in [3.8, 4) is 0 Å². The van der Waals surface area contributed by atoms with E-state index in [0.717, 1.165) is 26.2 Å². The maximum absolute atomic E-state index is 10.1. The summed E-state index contributed by atoms with van der Waals surface area (Å²) < 4.78 is 0. The summed E-state index contributed by atoms with van der Waals surface area (Å²) in [7, 11) is 0. The minimum Gasteiger partial charge on any atom is -0.333 e. The highest BCUT2D eigenvalue weighted by molar-refractivity contribution is 5.47. The summed E-state index contributed by atoms with van der Waals surface area (Å²) in [6.07, 6.45) is 1.85. The third-order valence-electron chi connectivity index (χ3n) is 1.32. The van der Waals surface area contributed by atoms with Gasteiger partial charge in [0.25, 0.3) is 0 Å². The lowest BCUT2D eigenvalue weighted by molar-refractivity contribution is 0.390. The highest BCUT2D eigenvalue weighted by atomic mass is 16.1. The van der Waals surface area contributed by atoms with Gasteiger partial charge in [0, 0.05) is 19.6 Å². The van der Waals surface area contributed by atoms with Crippen LogP contribution in [0.5, 0.6) is 0 Å². The van der Waals surface area contributed by atoms with Crippen molar-refractivity contribution in [2.45, 2.75) is 13.8 Å². The van der Waals surface area contributed by atoms with Crippen LogP contribution in [0.4, 0.5) is 0 Å². The molecular weight excluding hydrogens is 128 g/mol. The smallest absolute Gasteiger partial charge is 0.312 e. The van der Waals surface area contributed by atoms with Gasteiger partial charge in [0.1, 0.15) is 0 Å². The van der Waals surface area contributed by atoms with Gasteiger partial charge in [-0.25, -0.2) is 0 Å². The predicted molar refractivity (Wildman–Crippen MR) is 41.5 cm³/mol. The van der Waals surface area contributed by atoms with Crippen LogP contribution in [0.25, 0.3) is 0 Å². The summed E-state index contributed by atoms with van der Waals surface area (Å²) in [5, 5.41) is 3.13. The lowest BCUT2D eigenvalue weighted by Gasteiger charge is -2.12. The van der Waals surface area contributed by atoms with E-state index in [-0.39, 0.29) is 0 Å². The molecule has 0 unspecified atom stereocenters. The van der Waals surface area contributed by atoms with Crippen molar-refractivity contribution in [3.05, 3.63) is 0 Å². The Morgan fingerprint density at radius 3 is 2.60 bits per heavy atom. The fourth-order valence-corrected chi connectivity index (χ4v) is 0.659. The fourth-order valence-electron chi connectivity index (χ4n) is 0.659. The molecule has 0 bridgehead atoms. The monoisotopic (exact) mass is 143 g/mol. The molecule has 0 aliphatic heterocycles. The van der Waals surface area contributed by atoms with Gasteiger partial charge in [0.2, 0.25) is 0 Å². The molecule has 0 saturated carbocycles. The summed E-state index contributed by atoms with van der Waals surface area (Å²) in [6.45, 7) is 7.30. The van der Waals surface area contributed by atoms with Crippen molar-refractivity contribution in [1.29, 1.82) is 0 Å². The van der Waals surface area contributed by atoms with Crippen molar-refractivity contribution >= 4 is 6.41 Å². The van der Waals surface area contributed by atoms with E-state index >= 15 is 0 Å². The molecule has 1 radical (unpaired) electrons. The maximum atomic E-state index is 10.1. The van der Waals surface area contributed by atoms with Crippen LogP contribution in [0.1, 0.15) is 13.8 Å². The van der Waals surface area contributed by atoms with E-state index in [0.29, 0.717) is 0 Å². The van der Waals surface area contributed by atoms with Crippen molar-refractivity contribution in [2.24, 2.45) is 0 Å². The zero-order chi connectivity index (χ0) is 7.82. The van der Waals surface area contributed by atoms with Gasteiger partial charge < -0.3 is 10.2 Å². The Labute approximate surface area is 62.4 Å². The molecule has 3 heteroatoms. The number of amides is 1. The summed E-state index contributed by atoms with van der Waals surface area (Å²) >= 11 is 0. The van der Waals surface area contributed by atoms with Gasteiger partial charge in [0.15, 0.2) is 0 Å². The van der Waals surface area contributed by atoms with E-state index in [9.17, 15) is 4.79 Å². The van der Waals surface area contributed by atoms with Crippen molar-refractivity contribution in [2.75, 3.05) is 26.2 Å². The molecule has 0 aliphatic carbocycles. The molecule has 0 fully saturated rings. The first-order valence-electron chi connectivity index (χ1n) is 3.68. The second kappa shape index (κ2) is 6.55. The van der Waals surface area contributed by atoms with Gasteiger partial charge in [-0.1, -0.05) is 6.92 Å². The Bertz CT molecular complexity index is 85.7. The van der Waals surface area contributed by atoms with Gasteiger partial charge in [-0.2, -0.15) is 0 Å². The van der Waals surface area contributed by atoms with Gasteiger partial charge >= 0.3 is 6.41 Å². The van der Waals surface area contributed by atoms with Crippen molar-refractivity contribution in [3.63, 3.8) is 0 Å². The second-order valence-corrected chi connectivity index (χ2v) is 2.02. The average molecular weight is 143 g/mol. The maximum Gasteiger partial charge on any atom is 0.312 e. The lowest BCUT2D eigenvalue weighted by Crippen LogP contribution is -2.30. The molecule has 0 rings (SSSR count). The molecule has 0 spiro atoms. The van der Waals surface area contributed by atoms with E-state index in [1.165, 1.54) is 0 Å². The van der Waals surface area contributed by atoms with Crippen LogP contribution in [0.2, 0.25) is 0 Å². The predicted octanol–water partition coefficient (Wildman–Crippen LogP) is -0.0150. The number of nitrogens with zero attached hydrogens (tertiary/aromatic N) is 1. The number of hydrogen-bond acceptors (Lipinski definition) is 2. The molecular formula is C7H15N2O. The number of likely N-dealkylation sites (N-methyl/N-ethyl adjacent to an activating group) is 2. The Balaban J connectivity index is 3.17. The van der Waals surface area contributed by atoms with Gasteiger partial charge in [-0.05, 0) is 13.5 Å². The highest BCUT2D eigenvalue weighted by Gasteiger charge is 1.95. The van der Waals surface area contributed by atoms with E-state index in [1.807, 2.05) is 20.3 Å². The summed E-state index contributed by atoms with van der Waals surface area (Å²) in [4.78, 5) is 11.7. The quantitative estimate of drug-likeness (QED) is 0.419. The molecule has 1 amide bonds. The molecule has 3 nitrogen and oxygen atoms in total. The third kappa shape index (κ3) is 4.32. The molecule has 59 valence electrons. The normalized spacial score (nSPS) is 9.40. The summed E-state index contributed by atoms with van der Waals surface area (Å²) in [6, 6.07) is 0. The Hall–Kier alpha value is -0.570. The molecule has 0 heterocycles. The molecule has 0 aromatic carbocycles. The molecule has 0 saturated heterocycles. The third-order valence-corrected chi connectivity index (χ3v) is 1.32. The van der Waals surface area contributed by atoms with E-state index in [4.69, 9.17) is 0 Å². The van der Waals surface area contributed by atoms with Crippen LogP contribution in [0.15, 0.2) is 0 Å². The number of nitrogens with one attached hydrogen (secondary N) is 1. The number of carbonyl (C=O) groups excluding carboxylic acids is 1. The fraction of sp³-hybridized carbons (Fsp3) is 0.857. The number of rotatable bonds is 6. The average Bonchev–Trinajstić information content (AvgIpc) is 1.99. The first kappa shape index (κ1) is 9.43. The molecule has 0 aromatic heterocycles. The summed E-state index contributed by atoms with van der Waals surface area (Å²) in [5.74, 6) is 0. The largest absolute Gasteiger partial charge is 0.333 e. The zero-order valence-electron chi connectivity index (χ0n) is 6.68. The van der Waals surface area contributed by atoms with Crippen LogP contribution in [0, 0.1) is 0 Å². The Kier molecular flexibility index (Phi) is 6.18.